The van der Waals surface area contributed by atoms with Crippen molar-refractivity contribution in [2.75, 3.05) is 19.0 Å². The average molecular weight is 493 g/mol. The van der Waals surface area contributed by atoms with Crippen molar-refractivity contribution in [2.24, 2.45) is 0 Å². The first-order valence-electron chi connectivity index (χ1n) is 11.0. The van der Waals surface area contributed by atoms with Gasteiger partial charge in [-0.3, -0.25) is 9.78 Å². The van der Waals surface area contributed by atoms with Crippen molar-refractivity contribution in [3.05, 3.63) is 77.6 Å². The van der Waals surface area contributed by atoms with E-state index in [1.54, 1.807) is 30.5 Å². The zero-order chi connectivity index (χ0) is 25.2. The second-order valence-electron chi connectivity index (χ2n) is 8.15. The summed E-state index contributed by atoms with van der Waals surface area (Å²) < 4.78 is 45.6. The summed E-state index contributed by atoms with van der Waals surface area (Å²) in [7, 11) is 1.31. The van der Waals surface area contributed by atoms with Gasteiger partial charge in [0.05, 0.1) is 13.3 Å². The Morgan fingerprint density at radius 1 is 1.03 bits per heavy atom. The van der Waals surface area contributed by atoms with Gasteiger partial charge < -0.3 is 24.5 Å². The molecule has 0 spiro atoms. The molecule has 3 heterocycles. The van der Waals surface area contributed by atoms with E-state index in [2.05, 4.69) is 25.8 Å². The Kier molecular flexibility index (Phi) is 6.19. The molecule has 0 saturated carbocycles. The zero-order valence-corrected chi connectivity index (χ0v) is 19.3. The molecule has 0 aliphatic carbocycles. The quantitative estimate of drug-likeness (QED) is 0.394. The van der Waals surface area contributed by atoms with Gasteiger partial charge in [-0.15, -0.1) is 5.10 Å². The number of ether oxygens (including phenoxy) is 2. The number of carbonyl (C=O) groups excluding carboxylic acids is 1. The van der Waals surface area contributed by atoms with E-state index in [0.717, 1.165) is 17.8 Å². The lowest BCUT2D eigenvalue weighted by molar-refractivity contribution is -0.119. The van der Waals surface area contributed by atoms with E-state index in [1.807, 2.05) is 19.1 Å². The van der Waals surface area contributed by atoms with Gasteiger partial charge in [-0.05, 0) is 43.3 Å². The van der Waals surface area contributed by atoms with Crippen LogP contribution in [0.15, 0.2) is 59.1 Å². The fourth-order valence-corrected chi connectivity index (χ4v) is 3.94. The van der Waals surface area contributed by atoms with Crippen molar-refractivity contribution in [3.63, 3.8) is 0 Å². The summed E-state index contributed by atoms with van der Waals surface area (Å²) in [5.41, 5.74) is 1.27. The van der Waals surface area contributed by atoms with Gasteiger partial charge in [-0.2, -0.15) is 0 Å². The van der Waals surface area contributed by atoms with Crippen LogP contribution >= 0.6 is 0 Å². The fourth-order valence-electron chi connectivity index (χ4n) is 3.94. The summed E-state index contributed by atoms with van der Waals surface area (Å²) in [5.74, 6) is -1.47. The van der Waals surface area contributed by atoms with E-state index in [-0.39, 0.29) is 29.8 Å². The molecule has 2 aromatic heterocycles. The van der Waals surface area contributed by atoms with Crippen LogP contribution in [-0.4, -0.2) is 40.8 Å². The normalized spacial score (nSPS) is 17.1. The van der Waals surface area contributed by atoms with Crippen LogP contribution in [0.25, 0.3) is 11.5 Å². The lowest BCUT2D eigenvalue weighted by Crippen LogP contribution is -2.33. The predicted octanol–water partition coefficient (Wildman–Crippen LogP) is 4.21. The number of hydrogen-bond acceptors (Lipinski definition) is 8. The summed E-state index contributed by atoms with van der Waals surface area (Å²) in [4.78, 5) is 16.6. The highest BCUT2D eigenvalue weighted by molar-refractivity contribution is 5.88. The molecule has 36 heavy (non-hydrogen) atoms. The van der Waals surface area contributed by atoms with Crippen LogP contribution in [-0.2, 0) is 4.79 Å². The lowest BCUT2D eigenvalue weighted by Gasteiger charge is -2.19. The molecule has 2 atom stereocenters. The lowest BCUT2D eigenvalue weighted by atomic mass is 9.93. The molecule has 5 rings (SSSR count). The highest BCUT2D eigenvalue weighted by Gasteiger charge is 2.40. The largest absolute Gasteiger partial charge is 0.497 e. The van der Waals surface area contributed by atoms with Crippen molar-refractivity contribution >= 4 is 11.9 Å². The molecule has 1 amide bonds. The van der Waals surface area contributed by atoms with Crippen LogP contribution in [0.1, 0.15) is 17.2 Å². The first kappa shape index (κ1) is 23.2. The molecule has 9 nitrogen and oxygen atoms in total. The van der Waals surface area contributed by atoms with E-state index < -0.39 is 29.5 Å². The van der Waals surface area contributed by atoms with Crippen molar-refractivity contribution in [1.29, 1.82) is 0 Å². The molecule has 1 saturated heterocycles. The Morgan fingerprint density at radius 3 is 2.42 bits per heavy atom. The van der Waals surface area contributed by atoms with Crippen LogP contribution < -0.4 is 20.1 Å². The highest BCUT2D eigenvalue weighted by atomic mass is 19.1. The van der Waals surface area contributed by atoms with Crippen LogP contribution in [0.2, 0.25) is 0 Å². The molecule has 2 N–H and O–H groups in total. The number of aryl methyl sites for hydroxylation is 1. The Balaban J connectivity index is 1.31. The molecule has 11 heteroatoms. The third-order valence-corrected chi connectivity index (χ3v) is 5.77. The van der Waals surface area contributed by atoms with Crippen molar-refractivity contribution in [3.8, 4) is 28.7 Å². The zero-order valence-electron chi connectivity index (χ0n) is 19.3. The summed E-state index contributed by atoms with van der Waals surface area (Å²) in [6.07, 6.45) is 1.63. The van der Waals surface area contributed by atoms with E-state index in [9.17, 15) is 13.6 Å². The molecule has 1 fully saturated rings. The van der Waals surface area contributed by atoms with Crippen LogP contribution in [0.5, 0.6) is 17.2 Å². The van der Waals surface area contributed by atoms with Crippen molar-refractivity contribution < 1.29 is 27.5 Å². The number of carbonyl (C=O) groups is 1. The Hall–Kier alpha value is -4.54. The number of nitrogens with zero attached hydrogens (tertiary/aromatic N) is 3. The van der Waals surface area contributed by atoms with Gasteiger partial charge in [-0.25, -0.2) is 8.78 Å². The van der Waals surface area contributed by atoms with E-state index in [1.165, 1.54) is 7.11 Å². The van der Waals surface area contributed by atoms with Crippen LogP contribution in [0, 0.1) is 18.6 Å². The fraction of sp³-hybridized carbons (Fsp3) is 0.200. The van der Waals surface area contributed by atoms with Gasteiger partial charge in [0.15, 0.2) is 0 Å². The number of aromatic nitrogens is 3. The van der Waals surface area contributed by atoms with E-state index >= 15 is 0 Å². The number of methoxy groups -OCH3 is 1. The summed E-state index contributed by atoms with van der Waals surface area (Å²) >= 11 is 0. The van der Waals surface area contributed by atoms with Gasteiger partial charge in [0.1, 0.15) is 34.9 Å². The van der Waals surface area contributed by atoms with Gasteiger partial charge in [0.2, 0.25) is 11.8 Å². The number of pyridine rings is 1. The topological polar surface area (TPSA) is 111 Å². The highest BCUT2D eigenvalue weighted by Crippen LogP contribution is 2.33. The molecule has 0 bridgehead atoms. The maximum absolute atomic E-state index is 14.7. The summed E-state index contributed by atoms with van der Waals surface area (Å²) in [6, 6.07) is 11.7. The second kappa shape index (κ2) is 9.61. The predicted molar refractivity (Wildman–Crippen MR) is 125 cm³/mol. The number of amides is 1. The molecule has 0 radical (unpaired) electrons. The first-order valence-corrected chi connectivity index (χ1v) is 11.0. The minimum atomic E-state index is -1.02. The van der Waals surface area contributed by atoms with Gasteiger partial charge >= 0.3 is 6.01 Å². The summed E-state index contributed by atoms with van der Waals surface area (Å²) in [5, 5.41) is 13.4. The van der Waals surface area contributed by atoms with Gasteiger partial charge in [0.25, 0.3) is 0 Å². The number of hydrogen-bond donors (Lipinski definition) is 2. The average Bonchev–Trinajstić information content (AvgIpc) is 3.48. The SMILES string of the molecule is COc1cc(F)c([C@@H]2CNC(=O)[C@H]2Nc2nnc(-c3ccc(Oc4ccc(C)nc4)cc3)o2)c(F)c1. The minimum Gasteiger partial charge on any atom is -0.497 e. The molecular formula is C25H21F2N5O4. The van der Waals surface area contributed by atoms with Crippen molar-refractivity contribution in [1.82, 2.24) is 20.5 Å². The molecule has 184 valence electrons. The van der Waals surface area contributed by atoms with E-state index in [4.69, 9.17) is 13.9 Å². The Labute approximate surface area is 204 Å². The number of halogens is 2. The van der Waals surface area contributed by atoms with Gasteiger partial charge in [-0.1, -0.05) is 5.10 Å². The maximum Gasteiger partial charge on any atom is 0.316 e. The first-order chi connectivity index (χ1) is 17.4. The number of nitrogens with one attached hydrogen (secondary N) is 2. The van der Waals surface area contributed by atoms with Crippen molar-refractivity contribution in [2.45, 2.75) is 18.9 Å². The summed E-state index contributed by atoms with van der Waals surface area (Å²) in [6.45, 7) is 1.93. The van der Waals surface area contributed by atoms with Gasteiger partial charge in [0, 0.05) is 41.4 Å². The number of rotatable bonds is 7. The second-order valence-corrected chi connectivity index (χ2v) is 8.15. The standard InChI is InChI=1S/C25H21F2N5O4/c1-13-3-6-16(11-28-13)35-15-7-4-14(5-8-15)24-31-32-25(36-24)30-22-18(12-29-23(22)33)21-19(26)9-17(34-2)10-20(21)27/h3-11,18,22H,12H2,1-2H3,(H,29,33)(H,30,32)/t18-,22-/m0/s1. The number of anilines is 1. The molecule has 0 unspecified atom stereocenters. The van der Waals surface area contributed by atoms with E-state index in [0.29, 0.717) is 17.1 Å². The van der Waals surface area contributed by atoms with Crippen LogP contribution in [0.3, 0.4) is 0 Å². The maximum atomic E-state index is 14.7. The third-order valence-electron chi connectivity index (χ3n) is 5.77. The minimum absolute atomic E-state index is 0.0373. The molecule has 1 aliphatic rings. The Bertz CT molecular complexity index is 1370. The number of benzene rings is 2. The molecular weight excluding hydrogens is 472 g/mol. The van der Waals surface area contributed by atoms with Crippen LogP contribution in [0.4, 0.5) is 14.8 Å². The monoisotopic (exact) mass is 493 g/mol. The third kappa shape index (κ3) is 4.67. The molecule has 4 aromatic rings. The molecule has 1 aliphatic heterocycles. The Morgan fingerprint density at radius 2 is 1.75 bits per heavy atom. The molecule has 2 aromatic carbocycles. The smallest absolute Gasteiger partial charge is 0.316 e.